The van der Waals surface area contributed by atoms with Gasteiger partial charge in [-0.2, -0.15) is 11.3 Å². The van der Waals surface area contributed by atoms with Crippen LogP contribution in [0.25, 0.3) is 0 Å². The van der Waals surface area contributed by atoms with Crippen LogP contribution in [-0.4, -0.2) is 35.5 Å². The smallest absolute Gasteiger partial charge is 0.306 e. The number of hydrogen-bond acceptors (Lipinski definition) is 4. The van der Waals surface area contributed by atoms with Gasteiger partial charge in [-0.15, -0.1) is 0 Å². The van der Waals surface area contributed by atoms with Gasteiger partial charge < -0.3 is 15.7 Å². The molecule has 1 aromatic rings. The molecule has 1 aliphatic carbocycles. The monoisotopic (exact) mass is 324 g/mol. The van der Waals surface area contributed by atoms with E-state index in [9.17, 15) is 14.4 Å². The molecule has 120 valence electrons. The molecular formula is C15H20N2O4S. The summed E-state index contributed by atoms with van der Waals surface area (Å²) in [6.45, 7) is 0.449. The quantitative estimate of drug-likeness (QED) is 0.664. The average molecular weight is 324 g/mol. The molecule has 7 heteroatoms. The van der Waals surface area contributed by atoms with E-state index >= 15 is 0 Å². The number of rotatable bonds is 7. The van der Waals surface area contributed by atoms with Gasteiger partial charge in [0.2, 0.25) is 5.91 Å². The van der Waals surface area contributed by atoms with E-state index in [0.717, 1.165) is 6.42 Å². The molecule has 2 amide bonds. The van der Waals surface area contributed by atoms with Crippen molar-refractivity contribution in [2.75, 3.05) is 6.54 Å². The maximum absolute atomic E-state index is 11.8. The first-order valence-corrected chi connectivity index (χ1v) is 8.33. The molecule has 2 atom stereocenters. The van der Waals surface area contributed by atoms with Gasteiger partial charge in [0.1, 0.15) is 0 Å². The SMILES string of the molecule is O=C(CCCNC(=O)c1ccsc1)N[C@H]1CC[C@@H](C(=O)O)C1. The van der Waals surface area contributed by atoms with Gasteiger partial charge in [-0.3, -0.25) is 14.4 Å². The molecule has 0 aromatic carbocycles. The van der Waals surface area contributed by atoms with E-state index in [2.05, 4.69) is 10.6 Å². The molecule has 1 saturated carbocycles. The fourth-order valence-corrected chi connectivity index (χ4v) is 3.22. The summed E-state index contributed by atoms with van der Waals surface area (Å²) in [6.07, 6.45) is 2.75. The fourth-order valence-electron chi connectivity index (χ4n) is 2.58. The van der Waals surface area contributed by atoms with Gasteiger partial charge in [0, 0.05) is 30.0 Å². The number of aliphatic carboxylic acids is 1. The van der Waals surface area contributed by atoms with Gasteiger partial charge in [-0.25, -0.2) is 0 Å². The number of amides is 2. The lowest BCUT2D eigenvalue weighted by molar-refractivity contribution is -0.141. The Bertz CT molecular complexity index is 530. The van der Waals surface area contributed by atoms with E-state index in [1.807, 2.05) is 5.38 Å². The largest absolute Gasteiger partial charge is 0.481 e. The number of carboxylic acids is 1. The predicted molar refractivity (Wildman–Crippen MR) is 82.8 cm³/mol. The van der Waals surface area contributed by atoms with Crippen LogP contribution in [0.1, 0.15) is 42.5 Å². The summed E-state index contributed by atoms with van der Waals surface area (Å²) in [5.74, 6) is -1.33. The Labute approximate surface area is 132 Å². The normalized spacial score (nSPS) is 20.5. The Balaban J connectivity index is 1.58. The van der Waals surface area contributed by atoms with Crippen LogP contribution >= 0.6 is 11.3 Å². The third kappa shape index (κ3) is 4.84. The van der Waals surface area contributed by atoms with Crippen LogP contribution in [0.15, 0.2) is 16.8 Å². The number of thiophene rings is 1. The average Bonchev–Trinajstić information content (AvgIpc) is 3.14. The summed E-state index contributed by atoms with van der Waals surface area (Å²) >= 11 is 1.47. The lowest BCUT2D eigenvalue weighted by Crippen LogP contribution is -2.34. The summed E-state index contributed by atoms with van der Waals surface area (Å²) in [5, 5.41) is 18.2. The van der Waals surface area contributed by atoms with Crippen molar-refractivity contribution in [1.29, 1.82) is 0 Å². The number of hydrogen-bond donors (Lipinski definition) is 3. The highest BCUT2D eigenvalue weighted by atomic mass is 32.1. The molecule has 0 spiro atoms. The van der Waals surface area contributed by atoms with Gasteiger partial charge in [-0.05, 0) is 37.1 Å². The van der Waals surface area contributed by atoms with Crippen molar-refractivity contribution in [1.82, 2.24) is 10.6 Å². The molecule has 1 aromatic heterocycles. The second kappa shape index (κ2) is 7.93. The minimum Gasteiger partial charge on any atom is -0.481 e. The van der Waals surface area contributed by atoms with Crippen LogP contribution in [0.5, 0.6) is 0 Å². The minimum absolute atomic E-state index is 0.0333. The molecule has 0 unspecified atom stereocenters. The van der Waals surface area contributed by atoms with E-state index in [4.69, 9.17) is 5.11 Å². The van der Waals surface area contributed by atoms with E-state index in [0.29, 0.717) is 37.8 Å². The summed E-state index contributed by atoms with van der Waals surface area (Å²) in [5.41, 5.74) is 0.639. The molecule has 3 N–H and O–H groups in total. The Morgan fingerprint density at radius 2 is 2.14 bits per heavy atom. The van der Waals surface area contributed by atoms with Crippen molar-refractivity contribution in [2.24, 2.45) is 5.92 Å². The van der Waals surface area contributed by atoms with Crippen LogP contribution in [0.3, 0.4) is 0 Å². The lowest BCUT2D eigenvalue weighted by atomic mass is 10.1. The van der Waals surface area contributed by atoms with Crippen molar-refractivity contribution in [2.45, 2.75) is 38.1 Å². The molecule has 1 aliphatic rings. The second-order valence-electron chi connectivity index (χ2n) is 5.48. The molecule has 1 fully saturated rings. The van der Waals surface area contributed by atoms with Crippen LogP contribution < -0.4 is 10.6 Å². The molecule has 0 saturated heterocycles. The maximum Gasteiger partial charge on any atom is 0.306 e. The molecule has 6 nitrogen and oxygen atoms in total. The van der Waals surface area contributed by atoms with Crippen molar-refractivity contribution in [3.63, 3.8) is 0 Å². The van der Waals surface area contributed by atoms with E-state index < -0.39 is 5.97 Å². The molecule has 0 radical (unpaired) electrons. The predicted octanol–water partition coefficient (Wildman–Crippen LogP) is 1.63. The molecule has 22 heavy (non-hydrogen) atoms. The van der Waals surface area contributed by atoms with Crippen LogP contribution in [0.4, 0.5) is 0 Å². The summed E-state index contributed by atoms with van der Waals surface area (Å²) < 4.78 is 0. The first-order chi connectivity index (χ1) is 10.6. The Morgan fingerprint density at radius 1 is 1.32 bits per heavy atom. The van der Waals surface area contributed by atoms with Crippen LogP contribution in [-0.2, 0) is 9.59 Å². The number of nitrogens with one attached hydrogen (secondary N) is 2. The van der Waals surface area contributed by atoms with Crippen molar-refractivity contribution < 1.29 is 19.5 Å². The van der Waals surface area contributed by atoms with Crippen molar-refractivity contribution in [3.05, 3.63) is 22.4 Å². The van der Waals surface area contributed by atoms with E-state index in [1.165, 1.54) is 11.3 Å². The first-order valence-electron chi connectivity index (χ1n) is 7.39. The van der Waals surface area contributed by atoms with Crippen LogP contribution in [0, 0.1) is 5.92 Å². The summed E-state index contributed by atoms with van der Waals surface area (Å²) in [7, 11) is 0. The lowest BCUT2D eigenvalue weighted by Gasteiger charge is -2.12. The van der Waals surface area contributed by atoms with Crippen molar-refractivity contribution >= 4 is 29.1 Å². The molecule has 2 rings (SSSR count). The van der Waals surface area contributed by atoms with Crippen molar-refractivity contribution in [3.8, 4) is 0 Å². The van der Waals surface area contributed by atoms with E-state index in [-0.39, 0.29) is 23.8 Å². The zero-order chi connectivity index (χ0) is 15.9. The second-order valence-corrected chi connectivity index (χ2v) is 6.26. The molecule has 0 aliphatic heterocycles. The fraction of sp³-hybridized carbons (Fsp3) is 0.533. The van der Waals surface area contributed by atoms with Gasteiger partial charge >= 0.3 is 5.97 Å². The van der Waals surface area contributed by atoms with Crippen LogP contribution in [0.2, 0.25) is 0 Å². The van der Waals surface area contributed by atoms with E-state index in [1.54, 1.807) is 11.4 Å². The molecular weight excluding hydrogens is 304 g/mol. The minimum atomic E-state index is -0.784. The Hall–Kier alpha value is -1.89. The zero-order valence-corrected chi connectivity index (χ0v) is 13.0. The molecule has 0 bridgehead atoms. The van der Waals surface area contributed by atoms with Gasteiger partial charge in [0.15, 0.2) is 0 Å². The summed E-state index contributed by atoms with van der Waals surface area (Å²) in [6, 6.07) is 1.72. The number of carbonyl (C=O) groups excluding carboxylic acids is 2. The van der Waals surface area contributed by atoms with Gasteiger partial charge in [0.25, 0.3) is 5.91 Å². The van der Waals surface area contributed by atoms with Gasteiger partial charge in [-0.1, -0.05) is 0 Å². The topological polar surface area (TPSA) is 95.5 Å². The molecule has 1 heterocycles. The maximum atomic E-state index is 11.8. The number of carbonyl (C=O) groups is 3. The highest BCUT2D eigenvalue weighted by Crippen LogP contribution is 2.25. The zero-order valence-electron chi connectivity index (χ0n) is 12.2. The standard InChI is InChI=1S/C15H20N2O4S/c18-13(17-12-4-3-10(8-12)15(20)21)2-1-6-16-14(19)11-5-7-22-9-11/h5,7,9-10,12H,1-4,6,8H2,(H,16,19)(H,17,18)(H,20,21)/t10-,12+/m1/s1. The Kier molecular flexibility index (Phi) is 5.94. The highest BCUT2D eigenvalue weighted by Gasteiger charge is 2.30. The highest BCUT2D eigenvalue weighted by molar-refractivity contribution is 7.08. The van der Waals surface area contributed by atoms with Gasteiger partial charge in [0.05, 0.1) is 5.92 Å². The number of carboxylic acid groups (broad SMARTS) is 1. The Morgan fingerprint density at radius 3 is 2.77 bits per heavy atom. The first kappa shape index (κ1) is 16.5. The summed E-state index contributed by atoms with van der Waals surface area (Å²) in [4.78, 5) is 34.3. The third-order valence-electron chi connectivity index (χ3n) is 3.80. The third-order valence-corrected chi connectivity index (χ3v) is 4.48.